The Labute approximate surface area is 142 Å². The Hall–Kier alpha value is -1.93. The molecule has 8 heteroatoms. The topological polar surface area (TPSA) is 55.3 Å². The largest absolute Gasteiger partial charge is 0.444 e. The molecule has 4 nitrogen and oxygen atoms in total. The van der Waals surface area contributed by atoms with E-state index in [1.54, 1.807) is 0 Å². The zero-order chi connectivity index (χ0) is 18.2. The van der Waals surface area contributed by atoms with Crippen molar-refractivity contribution in [3.05, 3.63) is 41.5 Å². The minimum absolute atomic E-state index is 0.0446. The first kappa shape index (κ1) is 17.9. The summed E-state index contributed by atoms with van der Waals surface area (Å²) < 4.78 is 57.1. The van der Waals surface area contributed by atoms with Crippen molar-refractivity contribution in [1.29, 1.82) is 0 Å². The summed E-state index contributed by atoms with van der Waals surface area (Å²) in [6.45, 7) is 5.05. The van der Waals surface area contributed by atoms with Crippen molar-refractivity contribution in [1.82, 2.24) is 9.88 Å². The Bertz CT molecular complexity index is 744. The average Bonchev–Trinajstić information content (AvgIpc) is 3.13. The maximum atomic E-state index is 13.4. The number of halogens is 4. The first-order valence-corrected chi connectivity index (χ1v) is 8.02. The number of hydrogen-bond acceptors (Lipinski definition) is 4. The summed E-state index contributed by atoms with van der Waals surface area (Å²) in [7, 11) is 0. The van der Waals surface area contributed by atoms with Gasteiger partial charge in [-0.15, -0.1) is 0 Å². The van der Waals surface area contributed by atoms with E-state index in [1.165, 1.54) is 12.3 Å². The van der Waals surface area contributed by atoms with E-state index < -0.39 is 17.6 Å². The Kier molecular flexibility index (Phi) is 4.83. The highest BCUT2D eigenvalue weighted by atomic mass is 19.4. The molecule has 2 N–H and O–H groups in total. The van der Waals surface area contributed by atoms with Crippen LogP contribution in [0.15, 0.2) is 28.9 Å². The number of alkyl halides is 3. The summed E-state index contributed by atoms with van der Waals surface area (Å²) in [5.74, 6) is -0.356. The van der Waals surface area contributed by atoms with Gasteiger partial charge in [0, 0.05) is 25.2 Å². The zero-order valence-electron chi connectivity index (χ0n) is 13.7. The Morgan fingerprint density at radius 1 is 1.32 bits per heavy atom. The number of likely N-dealkylation sites (tertiary alicyclic amines) is 1. The fraction of sp³-hybridized carbons (Fsp3) is 0.471. The van der Waals surface area contributed by atoms with Gasteiger partial charge >= 0.3 is 6.18 Å². The highest BCUT2D eigenvalue weighted by molar-refractivity contribution is 5.55. The van der Waals surface area contributed by atoms with Gasteiger partial charge in [-0.25, -0.2) is 9.37 Å². The Morgan fingerprint density at radius 3 is 2.72 bits per heavy atom. The second-order valence-corrected chi connectivity index (χ2v) is 6.50. The number of aromatic nitrogens is 1. The molecule has 0 bridgehead atoms. The van der Waals surface area contributed by atoms with Gasteiger partial charge in [0.2, 0.25) is 5.89 Å². The molecule has 0 saturated carbocycles. The molecule has 3 rings (SSSR count). The number of rotatable bonds is 4. The van der Waals surface area contributed by atoms with Crippen LogP contribution in [0.25, 0.3) is 11.5 Å². The number of benzene rings is 1. The van der Waals surface area contributed by atoms with Gasteiger partial charge in [0.25, 0.3) is 0 Å². The van der Waals surface area contributed by atoms with Crippen LogP contribution in [0.2, 0.25) is 0 Å². The number of nitrogens with zero attached hydrogens (tertiary/aromatic N) is 2. The first-order valence-electron chi connectivity index (χ1n) is 8.02. The molecule has 0 aliphatic carbocycles. The van der Waals surface area contributed by atoms with Crippen LogP contribution in [-0.2, 0) is 12.7 Å². The molecule has 25 heavy (non-hydrogen) atoms. The van der Waals surface area contributed by atoms with Crippen LogP contribution < -0.4 is 5.73 Å². The predicted molar refractivity (Wildman–Crippen MR) is 83.9 cm³/mol. The van der Waals surface area contributed by atoms with Crippen LogP contribution in [0.5, 0.6) is 0 Å². The van der Waals surface area contributed by atoms with Crippen LogP contribution in [-0.4, -0.2) is 29.5 Å². The van der Waals surface area contributed by atoms with Gasteiger partial charge in [0.05, 0.1) is 11.3 Å². The molecule has 1 aliphatic rings. The SMILES string of the molecule is CC1CN(Cc2coc(-c3ccc(F)c(C(F)(F)F)c3)n2)CC1CN. The molecule has 2 atom stereocenters. The van der Waals surface area contributed by atoms with Gasteiger partial charge in [0.1, 0.15) is 12.1 Å². The van der Waals surface area contributed by atoms with Crippen molar-refractivity contribution >= 4 is 0 Å². The van der Waals surface area contributed by atoms with Crippen molar-refractivity contribution < 1.29 is 22.0 Å². The number of nitrogens with two attached hydrogens (primary N) is 1. The van der Waals surface area contributed by atoms with Gasteiger partial charge in [-0.1, -0.05) is 6.92 Å². The third-order valence-corrected chi connectivity index (χ3v) is 4.60. The summed E-state index contributed by atoms with van der Waals surface area (Å²) >= 11 is 0. The summed E-state index contributed by atoms with van der Waals surface area (Å²) in [4.78, 5) is 6.43. The van der Waals surface area contributed by atoms with E-state index in [-0.39, 0.29) is 11.5 Å². The summed E-state index contributed by atoms with van der Waals surface area (Å²) in [5, 5.41) is 0. The van der Waals surface area contributed by atoms with Gasteiger partial charge in [-0.05, 0) is 36.6 Å². The molecule has 0 amide bonds. The van der Waals surface area contributed by atoms with Gasteiger partial charge in [0.15, 0.2) is 0 Å². The summed E-state index contributed by atoms with van der Waals surface area (Å²) in [5.41, 5.74) is 5.12. The zero-order valence-corrected chi connectivity index (χ0v) is 13.7. The van der Waals surface area contributed by atoms with Gasteiger partial charge in [-0.3, -0.25) is 4.90 Å². The van der Waals surface area contributed by atoms with Crippen molar-refractivity contribution in [2.75, 3.05) is 19.6 Å². The van der Waals surface area contributed by atoms with Crippen molar-refractivity contribution in [3.63, 3.8) is 0 Å². The van der Waals surface area contributed by atoms with E-state index in [2.05, 4.69) is 16.8 Å². The minimum Gasteiger partial charge on any atom is -0.444 e. The third kappa shape index (κ3) is 3.85. The molecular formula is C17H19F4N3O. The Balaban J connectivity index is 1.76. The molecule has 1 saturated heterocycles. The lowest BCUT2D eigenvalue weighted by Crippen LogP contribution is -2.23. The van der Waals surface area contributed by atoms with Crippen molar-refractivity contribution in [2.45, 2.75) is 19.6 Å². The van der Waals surface area contributed by atoms with E-state index in [1.807, 2.05) is 0 Å². The molecule has 136 valence electrons. The van der Waals surface area contributed by atoms with E-state index >= 15 is 0 Å². The molecule has 0 radical (unpaired) electrons. The highest BCUT2D eigenvalue weighted by Gasteiger charge is 2.34. The first-order chi connectivity index (χ1) is 11.8. The maximum absolute atomic E-state index is 13.4. The van der Waals surface area contributed by atoms with E-state index in [0.717, 1.165) is 19.2 Å². The van der Waals surface area contributed by atoms with Crippen LogP contribution in [0.4, 0.5) is 17.6 Å². The van der Waals surface area contributed by atoms with Gasteiger partial charge in [-0.2, -0.15) is 13.2 Å². The molecular weight excluding hydrogens is 338 g/mol. The molecule has 1 aliphatic heterocycles. The summed E-state index contributed by atoms with van der Waals surface area (Å²) in [6.07, 6.45) is -3.34. The minimum atomic E-state index is -4.77. The third-order valence-electron chi connectivity index (χ3n) is 4.60. The lowest BCUT2D eigenvalue weighted by Gasteiger charge is -2.13. The van der Waals surface area contributed by atoms with E-state index in [9.17, 15) is 17.6 Å². The summed E-state index contributed by atoms with van der Waals surface area (Å²) in [6, 6.07) is 2.71. The quantitative estimate of drug-likeness (QED) is 0.851. The molecule has 2 unspecified atom stereocenters. The van der Waals surface area contributed by atoms with Crippen LogP contribution >= 0.6 is 0 Å². The molecule has 0 spiro atoms. The molecule has 1 aromatic carbocycles. The fourth-order valence-corrected chi connectivity index (χ4v) is 3.20. The smallest absolute Gasteiger partial charge is 0.419 e. The second kappa shape index (κ2) is 6.76. The molecule has 1 aromatic heterocycles. The lowest BCUT2D eigenvalue weighted by molar-refractivity contribution is -0.139. The van der Waals surface area contributed by atoms with Crippen molar-refractivity contribution in [3.8, 4) is 11.5 Å². The lowest BCUT2D eigenvalue weighted by atomic mass is 9.99. The van der Waals surface area contributed by atoms with Crippen LogP contribution in [0.3, 0.4) is 0 Å². The molecule has 2 aromatic rings. The Morgan fingerprint density at radius 2 is 2.08 bits per heavy atom. The van der Waals surface area contributed by atoms with E-state index in [0.29, 0.717) is 36.7 Å². The maximum Gasteiger partial charge on any atom is 0.419 e. The molecule has 1 fully saturated rings. The van der Waals surface area contributed by atoms with Crippen molar-refractivity contribution in [2.24, 2.45) is 17.6 Å². The predicted octanol–water partition coefficient (Wildman–Crippen LogP) is 3.53. The standard InChI is InChI=1S/C17H19F4N3O/c1-10-6-24(7-12(10)5-22)8-13-9-25-16(23-13)11-2-3-15(18)14(4-11)17(19,20)21/h2-4,9-10,12H,5-8,22H2,1H3. The average molecular weight is 357 g/mol. The normalized spacial score (nSPS) is 21.8. The monoisotopic (exact) mass is 357 g/mol. The van der Waals surface area contributed by atoms with E-state index in [4.69, 9.17) is 10.2 Å². The fourth-order valence-electron chi connectivity index (χ4n) is 3.20. The second-order valence-electron chi connectivity index (χ2n) is 6.50. The number of oxazole rings is 1. The van der Waals surface area contributed by atoms with Crippen LogP contribution in [0, 0.1) is 17.7 Å². The number of hydrogen-bond donors (Lipinski definition) is 1. The van der Waals surface area contributed by atoms with Gasteiger partial charge < -0.3 is 10.2 Å². The van der Waals surface area contributed by atoms with Crippen LogP contribution in [0.1, 0.15) is 18.2 Å². The highest BCUT2D eigenvalue weighted by Crippen LogP contribution is 2.34. The molecule has 2 heterocycles.